The van der Waals surface area contributed by atoms with Crippen molar-refractivity contribution in [3.63, 3.8) is 0 Å². The van der Waals surface area contributed by atoms with Crippen LogP contribution in [-0.4, -0.2) is 23.1 Å². The van der Waals surface area contributed by atoms with Gasteiger partial charge in [0.15, 0.2) is 0 Å². The van der Waals surface area contributed by atoms with E-state index in [1.165, 1.54) is 19.3 Å². The van der Waals surface area contributed by atoms with Crippen LogP contribution in [0.1, 0.15) is 39.5 Å². The third kappa shape index (κ3) is 2.73. The van der Waals surface area contributed by atoms with E-state index in [0.29, 0.717) is 5.41 Å². The largest absolute Gasteiger partial charge is 0.369 e. The first kappa shape index (κ1) is 13.6. The Morgan fingerprint density at radius 1 is 1.25 bits per heavy atom. The van der Waals surface area contributed by atoms with Gasteiger partial charge in [0.05, 0.1) is 5.39 Å². The molecule has 0 amide bonds. The summed E-state index contributed by atoms with van der Waals surface area (Å²) in [6.07, 6.45) is 5.01. The van der Waals surface area contributed by atoms with E-state index in [-0.39, 0.29) is 0 Å². The summed E-state index contributed by atoms with van der Waals surface area (Å²) in [5, 5.41) is 10.1. The van der Waals surface area contributed by atoms with Crippen molar-refractivity contribution in [3.8, 4) is 0 Å². The highest BCUT2D eigenvalue weighted by molar-refractivity contribution is 7.16. The Morgan fingerprint density at radius 2 is 2.10 bits per heavy atom. The maximum absolute atomic E-state index is 4.65. The van der Waals surface area contributed by atoms with Crippen molar-refractivity contribution in [2.75, 3.05) is 23.7 Å². The molecule has 3 rings (SSSR count). The Hall–Kier alpha value is -1.36. The standard InChI is InChI=1S/C15H22N4S/c1-3-8-16-14-18-12(11-5-9-20-13(11)19-14)17-10-15(4-2)6-7-15/h5,9H,3-4,6-8,10H2,1-2H3,(H2,16,17,18,19). The Balaban J connectivity index is 1.81. The van der Waals surface area contributed by atoms with Gasteiger partial charge in [-0.25, -0.2) is 4.98 Å². The first-order valence-corrected chi connectivity index (χ1v) is 8.37. The first-order valence-electron chi connectivity index (χ1n) is 7.49. The van der Waals surface area contributed by atoms with Crippen molar-refractivity contribution < 1.29 is 0 Å². The van der Waals surface area contributed by atoms with Crippen LogP contribution in [0.5, 0.6) is 0 Å². The van der Waals surface area contributed by atoms with E-state index in [0.717, 1.165) is 41.5 Å². The average Bonchev–Trinajstić information content (AvgIpc) is 3.11. The number of nitrogens with one attached hydrogen (secondary N) is 2. The van der Waals surface area contributed by atoms with Gasteiger partial charge in [-0.2, -0.15) is 4.98 Å². The first-order chi connectivity index (χ1) is 9.76. The number of rotatable bonds is 7. The second-order valence-electron chi connectivity index (χ2n) is 5.67. The Morgan fingerprint density at radius 3 is 2.80 bits per heavy atom. The van der Waals surface area contributed by atoms with Crippen LogP contribution in [0.2, 0.25) is 0 Å². The molecule has 2 aromatic rings. The zero-order valence-corrected chi connectivity index (χ0v) is 13.0. The van der Waals surface area contributed by atoms with Crippen LogP contribution in [0.15, 0.2) is 11.4 Å². The molecule has 1 saturated carbocycles. The molecule has 1 aliphatic rings. The number of anilines is 2. The molecule has 5 heteroatoms. The molecule has 0 atom stereocenters. The maximum Gasteiger partial charge on any atom is 0.226 e. The summed E-state index contributed by atoms with van der Waals surface area (Å²) < 4.78 is 0. The van der Waals surface area contributed by atoms with Crippen LogP contribution in [0.4, 0.5) is 11.8 Å². The zero-order valence-electron chi connectivity index (χ0n) is 12.2. The van der Waals surface area contributed by atoms with Gasteiger partial charge in [0.25, 0.3) is 0 Å². The summed E-state index contributed by atoms with van der Waals surface area (Å²) in [6, 6.07) is 2.11. The SMILES string of the molecule is CCCNc1nc(NCC2(CC)CC2)c2ccsc2n1. The normalized spacial score (nSPS) is 16.3. The Labute approximate surface area is 124 Å². The number of hydrogen-bond donors (Lipinski definition) is 2. The van der Waals surface area contributed by atoms with Crippen molar-refractivity contribution in [2.24, 2.45) is 5.41 Å². The molecule has 0 aliphatic heterocycles. The van der Waals surface area contributed by atoms with Crippen LogP contribution in [0.25, 0.3) is 10.2 Å². The lowest BCUT2D eigenvalue weighted by Gasteiger charge is -2.15. The number of hydrogen-bond acceptors (Lipinski definition) is 5. The molecule has 1 fully saturated rings. The van der Waals surface area contributed by atoms with Gasteiger partial charge >= 0.3 is 0 Å². The summed E-state index contributed by atoms with van der Waals surface area (Å²) in [4.78, 5) is 10.3. The van der Waals surface area contributed by atoms with E-state index in [1.54, 1.807) is 11.3 Å². The summed E-state index contributed by atoms with van der Waals surface area (Å²) >= 11 is 1.67. The topological polar surface area (TPSA) is 49.8 Å². The van der Waals surface area contributed by atoms with Gasteiger partial charge in [0.2, 0.25) is 5.95 Å². The molecule has 2 heterocycles. The predicted molar refractivity (Wildman–Crippen MR) is 86.6 cm³/mol. The fourth-order valence-electron chi connectivity index (χ4n) is 2.41. The van der Waals surface area contributed by atoms with Gasteiger partial charge in [0.1, 0.15) is 10.6 Å². The second-order valence-corrected chi connectivity index (χ2v) is 6.56. The molecule has 0 aromatic carbocycles. The molecule has 1 aliphatic carbocycles. The summed E-state index contributed by atoms with van der Waals surface area (Å²) in [7, 11) is 0. The van der Waals surface area contributed by atoms with Crippen LogP contribution in [0, 0.1) is 5.41 Å². The minimum absolute atomic E-state index is 0.518. The van der Waals surface area contributed by atoms with Gasteiger partial charge in [0, 0.05) is 13.1 Å². The van der Waals surface area contributed by atoms with E-state index in [4.69, 9.17) is 0 Å². The number of nitrogens with zero attached hydrogens (tertiary/aromatic N) is 2. The number of thiophene rings is 1. The van der Waals surface area contributed by atoms with Gasteiger partial charge in [-0.15, -0.1) is 11.3 Å². The van der Waals surface area contributed by atoms with E-state index in [2.05, 4.69) is 45.9 Å². The Bertz CT molecular complexity index is 589. The van der Waals surface area contributed by atoms with Crippen LogP contribution >= 0.6 is 11.3 Å². The molecule has 0 spiro atoms. The lowest BCUT2D eigenvalue weighted by molar-refractivity contribution is 0.521. The summed E-state index contributed by atoms with van der Waals surface area (Å²) in [5.74, 6) is 1.72. The molecular weight excluding hydrogens is 268 g/mol. The highest BCUT2D eigenvalue weighted by atomic mass is 32.1. The van der Waals surface area contributed by atoms with Crippen molar-refractivity contribution in [2.45, 2.75) is 39.5 Å². The lowest BCUT2D eigenvalue weighted by atomic mass is 10.0. The summed E-state index contributed by atoms with van der Waals surface area (Å²) in [5.41, 5.74) is 0.518. The van der Waals surface area contributed by atoms with E-state index >= 15 is 0 Å². The van der Waals surface area contributed by atoms with Crippen molar-refractivity contribution >= 4 is 33.3 Å². The minimum Gasteiger partial charge on any atom is -0.369 e. The average molecular weight is 290 g/mol. The van der Waals surface area contributed by atoms with Crippen molar-refractivity contribution in [1.82, 2.24) is 9.97 Å². The Kier molecular flexibility index (Phi) is 3.78. The number of fused-ring (bicyclic) bond motifs is 1. The highest BCUT2D eigenvalue weighted by Crippen LogP contribution is 2.48. The lowest BCUT2D eigenvalue weighted by Crippen LogP contribution is -2.16. The van der Waals surface area contributed by atoms with Gasteiger partial charge in [-0.1, -0.05) is 13.8 Å². The third-order valence-electron chi connectivity index (χ3n) is 4.20. The number of aromatic nitrogens is 2. The molecule has 4 nitrogen and oxygen atoms in total. The quantitative estimate of drug-likeness (QED) is 0.805. The molecule has 108 valence electrons. The fraction of sp³-hybridized carbons (Fsp3) is 0.600. The molecule has 0 bridgehead atoms. The van der Waals surface area contributed by atoms with Crippen molar-refractivity contribution in [1.29, 1.82) is 0 Å². The molecular formula is C15H22N4S. The zero-order chi connectivity index (χ0) is 14.0. The monoisotopic (exact) mass is 290 g/mol. The molecule has 0 radical (unpaired) electrons. The molecule has 0 saturated heterocycles. The maximum atomic E-state index is 4.65. The molecule has 0 unspecified atom stereocenters. The van der Waals surface area contributed by atoms with Gasteiger partial charge in [-0.05, 0) is 42.5 Å². The van der Waals surface area contributed by atoms with Gasteiger partial charge < -0.3 is 10.6 Å². The second kappa shape index (κ2) is 5.56. The van der Waals surface area contributed by atoms with Gasteiger partial charge in [-0.3, -0.25) is 0 Å². The minimum atomic E-state index is 0.518. The molecule has 2 aromatic heterocycles. The van der Waals surface area contributed by atoms with Crippen molar-refractivity contribution in [3.05, 3.63) is 11.4 Å². The fourth-order valence-corrected chi connectivity index (χ4v) is 3.17. The predicted octanol–water partition coefficient (Wildman–Crippen LogP) is 4.12. The van der Waals surface area contributed by atoms with Crippen LogP contribution < -0.4 is 10.6 Å². The molecule has 2 N–H and O–H groups in total. The van der Waals surface area contributed by atoms with Crippen LogP contribution in [-0.2, 0) is 0 Å². The highest BCUT2D eigenvalue weighted by Gasteiger charge is 2.40. The molecule has 20 heavy (non-hydrogen) atoms. The third-order valence-corrected chi connectivity index (χ3v) is 5.00. The van der Waals surface area contributed by atoms with Crippen LogP contribution in [0.3, 0.4) is 0 Å². The van der Waals surface area contributed by atoms with E-state index in [9.17, 15) is 0 Å². The van der Waals surface area contributed by atoms with E-state index < -0.39 is 0 Å². The summed E-state index contributed by atoms with van der Waals surface area (Å²) in [6.45, 7) is 6.37. The van der Waals surface area contributed by atoms with E-state index in [1.807, 2.05) is 0 Å². The smallest absolute Gasteiger partial charge is 0.226 e.